The van der Waals surface area contributed by atoms with E-state index in [1.807, 2.05) is 0 Å². The Balaban J connectivity index is 2.12. The Morgan fingerprint density at radius 2 is 1.47 bits per heavy atom. The molecule has 110 valence electrons. The molecule has 1 saturated heterocycles. The molecule has 1 N–H and O–H groups in total. The van der Waals surface area contributed by atoms with Crippen molar-refractivity contribution < 1.29 is 9.59 Å². The molecule has 0 aliphatic carbocycles. The van der Waals surface area contributed by atoms with Gasteiger partial charge in [-0.05, 0) is 20.3 Å². The van der Waals surface area contributed by atoms with Gasteiger partial charge in [0.15, 0.2) is 0 Å². The van der Waals surface area contributed by atoms with Crippen LogP contribution < -0.4 is 5.32 Å². The van der Waals surface area contributed by atoms with Crippen molar-refractivity contribution in [3.05, 3.63) is 0 Å². The molecule has 0 aromatic carbocycles. The minimum absolute atomic E-state index is 0.183. The highest BCUT2D eigenvalue weighted by molar-refractivity contribution is 6.06. The first kappa shape index (κ1) is 16.0. The predicted molar refractivity (Wildman–Crippen MR) is 76.9 cm³/mol. The summed E-state index contributed by atoms with van der Waals surface area (Å²) in [4.78, 5) is 24.9. The van der Waals surface area contributed by atoms with Gasteiger partial charge in [-0.25, -0.2) is 4.79 Å². The Hall–Kier alpha value is -1.06. The van der Waals surface area contributed by atoms with Gasteiger partial charge in [0.25, 0.3) is 5.91 Å². The Labute approximate surface area is 116 Å². The van der Waals surface area contributed by atoms with E-state index < -0.39 is 5.54 Å². The third-order valence-corrected chi connectivity index (χ3v) is 3.93. The van der Waals surface area contributed by atoms with Gasteiger partial charge in [-0.15, -0.1) is 0 Å². The Morgan fingerprint density at radius 1 is 0.947 bits per heavy atom. The fourth-order valence-electron chi connectivity index (χ4n) is 2.48. The van der Waals surface area contributed by atoms with E-state index in [4.69, 9.17) is 0 Å². The molecule has 1 rings (SSSR count). The van der Waals surface area contributed by atoms with Gasteiger partial charge in [0.2, 0.25) is 0 Å². The van der Waals surface area contributed by atoms with E-state index in [1.165, 1.54) is 38.5 Å². The zero-order valence-corrected chi connectivity index (χ0v) is 12.6. The number of hydrogen-bond donors (Lipinski definition) is 1. The second-order valence-electron chi connectivity index (χ2n) is 5.94. The number of carbonyl (C=O) groups excluding carboxylic acids is 2. The summed E-state index contributed by atoms with van der Waals surface area (Å²) < 4.78 is 0. The minimum atomic E-state index is -0.682. The van der Waals surface area contributed by atoms with Gasteiger partial charge >= 0.3 is 6.03 Å². The van der Waals surface area contributed by atoms with E-state index >= 15 is 0 Å². The number of nitrogens with zero attached hydrogens (tertiary/aromatic N) is 1. The monoisotopic (exact) mass is 268 g/mol. The van der Waals surface area contributed by atoms with Crippen LogP contribution >= 0.6 is 0 Å². The van der Waals surface area contributed by atoms with Gasteiger partial charge in [-0.1, -0.05) is 51.9 Å². The van der Waals surface area contributed by atoms with E-state index in [9.17, 15) is 9.59 Å². The van der Waals surface area contributed by atoms with E-state index in [1.54, 1.807) is 18.7 Å². The van der Waals surface area contributed by atoms with Crippen molar-refractivity contribution in [2.24, 2.45) is 0 Å². The maximum atomic E-state index is 11.6. The number of urea groups is 1. The smallest absolute Gasteiger partial charge is 0.310 e. The molecule has 1 aliphatic heterocycles. The molecular formula is C15H28N2O2. The van der Waals surface area contributed by atoms with E-state index in [-0.39, 0.29) is 11.9 Å². The third kappa shape index (κ3) is 4.51. The van der Waals surface area contributed by atoms with Crippen LogP contribution in [0.4, 0.5) is 4.79 Å². The molecule has 4 heteroatoms. The topological polar surface area (TPSA) is 49.4 Å². The van der Waals surface area contributed by atoms with Crippen LogP contribution in [0.3, 0.4) is 0 Å². The molecule has 0 aromatic heterocycles. The third-order valence-electron chi connectivity index (χ3n) is 3.93. The summed E-state index contributed by atoms with van der Waals surface area (Å²) in [6, 6.07) is -0.238. The first-order valence-corrected chi connectivity index (χ1v) is 7.63. The maximum Gasteiger partial charge on any atom is 0.324 e. The molecule has 0 aromatic rings. The average Bonchev–Trinajstić information content (AvgIpc) is 2.54. The van der Waals surface area contributed by atoms with E-state index in [2.05, 4.69) is 12.2 Å². The van der Waals surface area contributed by atoms with Crippen LogP contribution in [-0.2, 0) is 4.79 Å². The fraction of sp³-hybridized carbons (Fsp3) is 0.867. The molecule has 0 radical (unpaired) electrons. The molecule has 0 unspecified atom stereocenters. The zero-order valence-electron chi connectivity index (χ0n) is 12.6. The quantitative estimate of drug-likeness (QED) is 0.514. The van der Waals surface area contributed by atoms with Gasteiger partial charge in [0, 0.05) is 6.54 Å². The average molecular weight is 268 g/mol. The van der Waals surface area contributed by atoms with Crippen molar-refractivity contribution in [1.82, 2.24) is 10.2 Å². The van der Waals surface area contributed by atoms with E-state index in [0.29, 0.717) is 6.54 Å². The van der Waals surface area contributed by atoms with Gasteiger partial charge in [0.1, 0.15) is 5.54 Å². The molecule has 3 amide bonds. The lowest BCUT2D eigenvalue weighted by atomic mass is 10.0. The lowest BCUT2D eigenvalue weighted by Gasteiger charge is -2.27. The zero-order chi connectivity index (χ0) is 14.3. The number of imide groups is 1. The predicted octanol–water partition coefficient (Wildman–Crippen LogP) is 3.46. The van der Waals surface area contributed by atoms with Crippen LogP contribution in [0.5, 0.6) is 0 Å². The highest BCUT2D eigenvalue weighted by Gasteiger charge is 2.44. The molecule has 0 saturated carbocycles. The normalized spacial score (nSPS) is 17.9. The summed E-state index contributed by atoms with van der Waals surface area (Å²) in [6.07, 6.45) is 9.92. The molecule has 0 atom stereocenters. The number of unbranched alkanes of at least 4 members (excludes halogenated alkanes) is 7. The number of nitrogens with one attached hydrogen (secondary N) is 1. The summed E-state index contributed by atoms with van der Waals surface area (Å²) in [7, 11) is 0. The number of hydrogen-bond acceptors (Lipinski definition) is 2. The number of rotatable bonds is 9. The molecule has 1 heterocycles. The van der Waals surface area contributed by atoms with Crippen LogP contribution in [-0.4, -0.2) is 28.9 Å². The lowest BCUT2D eigenvalue weighted by Crippen LogP contribution is -2.44. The van der Waals surface area contributed by atoms with Gasteiger partial charge in [0.05, 0.1) is 0 Å². The van der Waals surface area contributed by atoms with Crippen LogP contribution in [0.2, 0.25) is 0 Å². The molecule has 4 nitrogen and oxygen atoms in total. The molecular weight excluding hydrogens is 240 g/mol. The van der Waals surface area contributed by atoms with Crippen LogP contribution in [0.15, 0.2) is 0 Å². The van der Waals surface area contributed by atoms with Crippen molar-refractivity contribution in [2.45, 2.75) is 77.7 Å². The number of carbonyl (C=O) groups is 2. The summed E-state index contributed by atoms with van der Waals surface area (Å²) in [5, 5.41) is 2.38. The minimum Gasteiger partial charge on any atom is -0.310 e. The SMILES string of the molecule is CCCCCCCCCCN1C(=O)NC(=O)C1(C)C. The van der Waals surface area contributed by atoms with Crippen molar-refractivity contribution in [2.75, 3.05) is 6.54 Å². The first-order chi connectivity index (χ1) is 9.00. The van der Waals surface area contributed by atoms with Crippen LogP contribution in [0.25, 0.3) is 0 Å². The molecule has 1 aliphatic rings. The van der Waals surface area contributed by atoms with Gasteiger partial charge in [-0.2, -0.15) is 0 Å². The summed E-state index contributed by atoms with van der Waals surface area (Å²) in [6.45, 7) is 6.51. The summed E-state index contributed by atoms with van der Waals surface area (Å²) >= 11 is 0. The molecule has 1 fully saturated rings. The van der Waals surface area contributed by atoms with Gasteiger partial charge < -0.3 is 4.90 Å². The molecule has 0 spiro atoms. The lowest BCUT2D eigenvalue weighted by molar-refractivity contribution is -0.125. The molecule has 19 heavy (non-hydrogen) atoms. The maximum absolute atomic E-state index is 11.6. The van der Waals surface area contributed by atoms with E-state index in [0.717, 1.165) is 12.8 Å². The fourth-order valence-corrected chi connectivity index (χ4v) is 2.48. The standard InChI is InChI=1S/C15H28N2O2/c1-4-5-6-7-8-9-10-11-12-17-14(19)16-13(18)15(17,2)3/h4-12H2,1-3H3,(H,16,18,19). The Morgan fingerprint density at radius 3 is 1.95 bits per heavy atom. The van der Waals surface area contributed by atoms with Crippen molar-refractivity contribution in [1.29, 1.82) is 0 Å². The second-order valence-corrected chi connectivity index (χ2v) is 5.94. The summed E-state index contributed by atoms with van der Waals surface area (Å²) in [5.74, 6) is -0.183. The van der Waals surface area contributed by atoms with Crippen LogP contribution in [0.1, 0.15) is 72.1 Å². The largest absolute Gasteiger partial charge is 0.324 e. The Bertz CT molecular complexity index is 313. The highest BCUT2D eigenvalue weighted by atomic mass is 16.2. The van der Waals surface area contributed by atoms with Crippen molar-refractivity contribution >= 4 is 11.9 Å². The second kappa shape index (κ2) is 7.51. The van der Waals surface area contributed by atoms with Crippen molar-refractivity contribution in [3.8, 4) is 0 Å². The molecule has 0 bridgehead atoms. The first-order valence-electron chi connectivity index (χ1n) is 7.63. The Kier molecular flexibility index (Phi) is 6.32. The van der Waals surface area contributed by atoms with Crippen molar-refractivity contribution in [3.63, 3.8) is 0 Å². The van der Waals surface area contributed by atoms with Crippen LogP contribution in [0, 0.1) is 0 Å². The highest BCUT2D eigenvalue weighted by Crippen LogP contribution is 2.21. The number of amides is 3. The van der Waals surface area contributed by atoms with Gasteiger partial charge in [-0.3, -0.25) is 10.1 Å². The summed E-state index contributed by atoms with van der Waals surface area (Å²) in [5.41, 5.74) is -0.682.